The molecule has 1 unspecified atom stereocenters. The first-order chi connectivity index (χ1) is 9.83. The molecule has 0 heterocycles. The number of hydrazine groups is 1. The zero-order valence-corrected chi connectivity index (χ0v) is 13.6. The standard InChI is InChI=1S/C18H36N2/c1-2-3-7-15-10-12-17(13-11-15)18(20-19)14-16-8-5-4-6-9-16/h15-18,20H,2-14,19H2,1H3. The number of nitrogens with two attached hydrogens (primary N) is 1. The molecule has 0 spiro atoms. The molecular weight excluding hydrogens is 244 g/mol. The first-order valence-corrected chi connectivity index (χ1v) is 9.29. The van der Waals surface area contributed by atoms with Crippen LogP contribution in [-0.4, -0.2) is 6.04 Å². The molecule has 118 valence electrons. The van der Waals surface area contributed by atoms with Gasteiger partial charge in [0.1, 0.15) is 0 Å². The maximum Gasteiger partial charge on any atom is 0.0241 e. The Kier molecular flexibility index (Phi) is 7.37. The Balaban J connectivity index is 1.72. The lowest BCUT2D eigenvalue weighted by Crippen LogP contribution is -2.43. The zero-order chi connectivity index (χ0) is 14.2. The van der Waals surface area contributed by atoms with Crippen LogP contribution in [0.25, 0.3) is 0 Å². The van der Waals surface area contributed by atoms with Crippen molar-refractivity contribution in [3.05, 3.63) is 0 Å². The highest BCUT2D eigenvalue weighted by Crippen LogP contribution is 2.36. The quantitative estimate of drug-likeness (QED) is 0.520. The Morgan fingerprint density at radius 3 is 2.25 bits per heavy atom. The van der Waals surface area contributed by atoms with Crippen molar-refractivity contribution in [1.82, 2.24) is 5.43 Å². The van der Waals surface area contributed by atoms with Crippen LogP contribution in [0.2, 0.25) is 0 Å². The molecule has 0 aromatic carbocycles. The second kappa shape index (κ2) is 9.04. The molecule has 2 rings (SSSR count). The second-order valence-corrected chi connectivity index (χ2v) is 7.44. The summed E-state index contributed by atoms with van der Waals surface area (Å²) in [6.45, 7) is 2.31. The molecule has 0 radical (unpaired) electrons. The molecule has 2 heteroatoms. The summed E-state index contributed by atoms with van der Waals surface area (Å²) < 4.78 is 0. The summed E-state index contributed by atoms with van der Waals surface area (Å²) in [5.41, 5.74) is 3.18. The van der Waals surface area contributed by atoms with Gasteiger partial charge in [-0.2, -0.15) is 0 Å². The lowest BCUT2D eigenvalue weighted by Gasteiger charge is -2.36. The highest BCUT2D eigenvalue weighted by Gasteiger charge is 2.29. The Morgan fingerprint density at radius 1 is 0.950 bits per heavy atom. The molecule has 1 atom stereocenters. The number of rotatable bonds is 7. The van der Waals surface area contributed by atoms with Crippen molar-refractivity contribution in [2.45, 2.75) is 96.4 Å². The third-order valence-electron chi connectivity index (χ3n) is 5.95. The predicted molar refractivity (Wildman–Crippen MR) is 87.3 cm³/mol. The number of unbranched alkanes of at least 4 members (excludes halogenated alkanes) is 1. The van der Waals surface area contributed by atoms with Crippen molar-refractivity contribution < 1.29 is 0 Å². The van der Waals surface area contributed by atoms with E-state index in [0.717, 1.165) is 17.8 Å². The maximum absolute atomic E-state index is 5.89. The molecule has 0 aromatic heterocycles. The van der Waals surface area contributed by atoms with Gasteiger partial charge in [0.25, 0.3) is 0 Å². The Hall–Kier alpha value is -0.0800. The van der Waals surface area contributed by atoms with E-state index in [-0.39, 0.29) is 0 Å². The van der Waals surface area contributed by atoms with Crippen LogP contribution in [0.1, 0.15) is 90.4 Å². The summed E-state index contributed by atoms with van der Waals surface area (Å²) in [6.07, 6.45) is 18.6. The monoisotopic (exact) mass is 280 g/mol. The summed E-state index contributed by atoms with van der Waals surface area (Å²) >= 11 is 0. The lowest BCUT2D eigenvalue weighted by atomic mass is 9.74. The minimum Gasteiger partial charge on any atom is -0.271 e. The Bertz CT molecular complexity index is 240. The molecule has 2 aliphatic rings. The van der Waals surface area contributed by atoms with Crippen LogP contribution in [0.4, 0.5) is 0 Å². The first kappa shape index (κ1) is 16.3. The van der Waals surface area contributed by atoms with E-state index < -0.39 is 0 Å². The van der Waals surface area contributed by atoms with Gasteiger partial charge in [0.15, 0.2) is 0 Å². The number of hydrogen-bond donors (Lipinski definition) is 2. The molecule has 2 saturated carbocycles. The predicted octanol–water partition coefficient (Wildman–Crippen LogP) is 4.79. The minimum absolute atomic E-state index is 0.588. The van der Waals surface area contributed by atoms with Crippen LogP contribution < -0.4 is 11.3 Å². The van der Waals surface area contributed by atoms with E-state index >= 15 is 0 Å². The summed E-state index contributed by atoms with van der Waals surface area (Å²) in [5, 5.41) is 0. The molecule has 0 aliphatic heterocycles. The van der Waals surface area contributed by atoms with E-state index in [2.05, 4.69) is 12.3 Å². The molecule has 2 nitrogen and oxygen atoms in total. The Labute approximate surface area is 126 Å². The topological polar surface area (TPSA) is 38.0 Å². The van der Waals surface area contributed by atoms with E-state index in [1.807, 2.05) is 0 Å². The van der Waals surface area contributed by atoms with Crippen molar-refractivity contribution in [2.24, 2.45) is 23.6 Å². The van der Waals surface area contributed by atoms with Gasteiger partial charge in [0, 0.05) is 6.04 Å². The molecule has 2 aliphatic carbocycles. The van der Waals surface area contributed by atoms with Crippen molar-refractivity contribution in [1.29, 1.82) is 0 Å². The second-order valence-electron chi connectivity index (χ2n) is 7.44. The fraction of sp³-hybridized carbons (Fsp3) is 1.00. The Morgan fingerprint density at radius 2 is 1.65 bits per heavy atom. The highest BCUT2D eigenvalue weighted by molar-refractivity contribution is 4.83. The van der Waals surface area contributed by atoms with Crippen molar-refractivity contribution in [2.75, 3.05) is 0 Å². The van der Waals surface area contributed by atoms with Gasteiger partial charge in [-0.3, -0.25) is 11.3 Å². The minimum atomic E-state index is 0.588. The van der Waals surface area contributed by atoms with Crippen LogP contribution in [0.15, 0.2) is 0 Å². The number of nitrogens with one attached hydrogen (secondary N) is 1. The highest BCUT2D eigenvalue weighted by atomic mass is 15.2. The maximum atomic E-state index is 5.89. The smallest absolute Gasteiger partial charge is 0.0241 e. The van der Waals surface area contributed by atoms with Crippen molar-refractivity contribution >= 4 is 0 Å². The van der Waals surface area contributed by atoms with Gasteiger partial charge in [-0.15, -0.1) is 0 Å². The van der Waals surface area contributed by atoms with Gasteiger partial charge < -0.3 is 0 Å². The first-order valence-electron chi connectivity index (χ1n) is 9.29. The van der Waals surface area contributed by atoms with E-state index in [1.165, 1.54) is 83.5 Å². The molecule has 0 saturated heterocycles. The van der Waals surface area contributed by atoms with Crippen LogP contribution in [0.5, 0.6) is 0 Å². The largest absolute Gasteiger partial charge is 0.271 e. The average molecular weight is 280 g/mol. The molecule has 0 bridgehead atoms. The summed E-state index contributed by atoms with van der Waals surface area (Å²) in [4.78, 5) is 0. The fourth-order valence-corrected chi connectivity index (χ4v) is 4.55. The average Bonchev–Trinajstić information content (AvgIpc) is 2.52. The molecule has 2 fully saturated rings. The molecule has 3 N–H and O–H groups in total. The summed E-state index contributed by atoms with van der Waals surface area (Å²) in [6, 6.07) is 0.588. The van der Waals surface area contributed by atoms with E-state index in [0.29, 0.717) is 6.04 Å². The van der Waals surface area contributed by atoms with Gasteiger partial charge >= 0.3 is 0 Å². The lowest BCUT2D eigenvalue weighted by molar-refractivity contribution is 0.181. The van der Waals surface area contributed by atoms with Crippen LogP contribution in [-0.2, 0) is 0 Å². The van der Waals surface area contributed by atoms with E-state index in [1.54, 1.807) is 0 Å². The van der Waals surface area contributed by atoms with Gasteiger partial charge in [-0.1, -0.05) is 71.1 Å². The summed E-state index contributed by atoms with van der Waals surface area (Å²) in [5.74, 6) is 8.69. The SMILES string of the molecule is CCCCC1CCC(C(CC2CCCCC2)NN)CC1. The summed E-state index contributed by atoms with van der Waals surface area (Å²) in [7, 11) is 0. The fourth-order valence-electron chi connectivity index (χ4n) is 4.55. The third kappa shape index (κ3) is 5.04. The molecular formula is C18H36N2. The normalized spacial score (nSPS) is 30.3. The van der Waals surface area contributed by atoms with Gasteiger partial charge in [0.2, 0.25) is 0 Å². The van der Waals surface area contributed by atoms with Crippen LogP contribution in [0, 0.1) is 17.8 Å². The number of hydrogen-bond acceptors (Lipinski definition) is 2. The third-order valence-corrected chi connectivity index (χ3v) is 5.95. The zero-order valence-electron chi connectivity index (χ0n) is 13.6. The molecule has 0 aromatic rings. The van der Waals surface area contributed by atoms with Gasteiger partial charge in [-0.25, -0.2) is 0 Å². The van der Waals surface area contributed by atoms with Gasteiger partial charge in [0.05, 0.1) is 0 Å². The molecule has 0 amide bonds. The van der Waals surface area contributed by atoms with E-state index in [4.69, 9.17) is 5.84 Å². The van der Waals surface area contributed by atoms with Crippen molar-refractivity contribution in [3.63, 3.8) is 0 Å². The van der Waals surface area contributed by atoms with Gasteiger partial charge in [-0.05, 0) is 37.0 Å². The van der Waals surface area contributed by atoms with E-state index in [9.17, 15) is 0 Å². The molecule has 20 heavy (non-hydrogen) atoms. The van der Waals surface area contributed by atoms with Crippen LogP contribution in [0.3, 0.4) is 0 Å². The van der Waals surface area contributed by atoms with Crippen LogP contribution >= 0.6 is 0 Å². The van der Waals surface area contributed by atoms with Crippen molar-refractivity contribution in [3.8, 4) is 0 Å².